The highest BCUT2D eigenvalue weighted by molar-refractivity contribution is 7.99. The molecule has 2 aromatic carbocycles. The van der Waals surface area contributed by atoms with E-state index in [-0.39, 0.29) is 5.82 Å². The second-order valence-electron chi connectivity index (χ2n) is 3.60. The molecule has 16 heavy (non-hydrogen) atoms. The molecule has 82 valence electrons. The number of rotatable bonds is 2. The summed E-state index contributed by atoms with van der Waals surface area (Å²) in [7, 11) is 0. The Kier molecular flexibility index (Phi) is 3.15. The number of benzene rings is 2. The third-order valence-electron chi connectivity index (χ3n) is 2.22. The summed E-state index contributed by atoms with van der Waals surface area (Å²) in [6.07, 6.45) is 0. The Bertz CT molecular complexity index is 494. The van der Waals surface area contributed by atoms with Crippen molar-refractivity contribution in [3.8, 4) is 0 Å². The third-order valence-corrected chi connectivity index (χ3v) is 3.32. The Hall–Kier alpha value is -1.48. The van der Waals surface area contributed by atoms with Gasteiger partial charge in [0.25, 0.3) is 0 Å². The van der Waals surface area contributed by atoms with Gasteiger partial charge in [0.2, 0.25) is 0 Å². The SMILES string of the molecule is Cc1ccc(Sc2ccc(F)cc2N)cc1. The minimum absolute atomic E-state index is 0.300. The van der Waals surface area contributed by atoms with Crippen LogP contribution in [0.25, 0.3) is 0 Å². The lowest BCUT2D eigenvalue weighted by molar-refractivity contribution is 0.627. The third kappa shape index (κ3) is 2.55. The van der Waals surface area contributed by atoms with Gasteiger partial charge >= 0.3 is 0 Å². The number of nitrogens with two attached hydrogens (primary N) is 1. The Morgan fingerprint density at radius 3 is 2.38 bits per heavy atom. The van der Waals surface area contributed by atoms with Crippen LogP contribution in [0.1, 0.15) is 5.56 Å². The van der Waals surface area contributed by atoms with E-state index < -0.39 is 0 Å². The van der Waals surface area contributed by atoms with Gasteiger partial charge in [-0.15, -0.1) is 0 Å². The van der Waals surface area contributed by atoms with Gasteiger partial charge in [-0.05, 0) is 37.3 Å². The maximum atomic E-state index is 12.8. The summed E-state index contributed by atoms with van der Waals surface area (Å²) in [6.45, 7) is 2.04. The van der Waals surface area contributed by atoms with Gasteiger partial charge in [0.1, 0.15) is 5.82 Å². The van der Waals surface area contributed by atoms with Crippen LogP contribution < -0.4 is 5.73 Å². The standard InChI is InChI=1S/C13H12FNS/c1-9-2-5-11(6-3-9)16-13-7-4-10(14)8-12(13)15/h2-8H,15H2,1H3. The molecule has 3 heteroatoms. The average Bonchev–Trinajstić information content (AvgIpc) is 2.25. The topological polar surface area (TPSA) is 26.0 Å². The fraction of sp³-hybridized carbons (Fsp3) is 0.0769. The summed E-state index contributed by atoms with van der Waals surface area (Å²) in [5, 5.41) is 0. The molecule has 0 aromatic heterocycles. The Morgan fingerprint density at radius 1 is 1.06 bits per heavy atom. The molecular weight excluding hydrogens is 221 g/mol. The number of aryl methyl sites for hydroxylation is 1. The lowest BCUT2D eigenvalue weighted by Gasteiger charge is -2.05. The molecular formula is C13H12FNS. The van der Waals surface area contributed by atoms with Gasteiger partial charge in [-0.2, -0.15) is 0 Å². The predicted molar refractivity (Wildman–Crippen MR) is 66.1 cm³/mol. The molecule has 0 radical (unpaired) electrons. The smallest absolute Gasteiger partial charge is 0.125 e. The van der Waals surface area contributed by atoms with E-state index in [0.717, 1.165) is 9.79 Å². The zero-order valence-corrected chi connectivity index (χ0v) is 9.72. The van der Waals surface area contributed by atoms with E-state index in [4.69, 9.17) is 5.73 Å². The molecule has 0 fully saturated rings. The van der Waals surface area contributed by atoms with E-state index >= 15 is 0 Å². The van der Waals surface area contributed by atoms with Crippen molar-refractivity contribution in [1.82, 2.24) is 0 Å². The fourth-order valence-corrected chi connectivity index (χ4v) is 2.18. The highest BCUT2D eigenvalue weighted by Gasteiger charge is 2.02. The van der Waals surface area contributed by atoms with Crippen LogP contribution >= 0.6 is 11.8 Å². The second-order valence-corrected chi connectivity index (χ2v) is 4.71. The van der Waals surface area contributed by atoms with Gasteiger partial charge in [-0.3, -0.25) is 0 Å². The maximum Gasteiger partial charge on any atom is 0.125 e. The quantitative estimate of drug-likeness (QED) is 0.797. The minimum Gasteiger partial charge on any atom is -0.398 e. The van der Waals surface area contributed by atoms with E-state index in [1.54, 1.807) is 6.07 Å². The average molecular weight is 233 g/mol. The molecule has 2 N–H and O–H groups in total. The van der Waals surface area contributed by atoms with Crippen molar-refractivity contribution in [3.63, 3.8) is 0 Å². The maximum absolute atomic E-state index is 12.8. The van der Waals surface area contributed by atoms with Crippen LogP contribution in [0.4, 0.5) is 10.1 Å². The highest BCUT2D eigenvalue weighted by Crippen LogP contribution is 2.32. The molecule has 0 saturated heterocycles. The molecule has 0 heterocycles. The summed E-state index contributed by atoms with van der Waals surface area (Å²) in [4.78, 5) is 1.98. The molecule has 0 saturated carbocycles. The minimum atomic E-state index is -0.300. The van der Waals surface area contributed by atoms with E-state index in [0.29, 0.717) is 5.69 Å². The molecule has 0 aliphatic rings. The van der Waals surface area contributed by atoms with Crippen LogP contribution in [0.3, 0.4) is 0 Å². The molecule has 0 atom stereocenters. The Balaban J connectivity index is 2.23. The van der Waals surface area contributed by atoms with Crippen molar-refractivity contribution in [3.05, 3.63) is 53.8 Å². The van der Waals surface area contributed by atoms with E-state index in [1.807, 2.05) is 31.2 Å². The van der Waals surface area contributed by atoms with Crippen LogP contribution in [0.2, 0.25) is 0 Å². The zero-order chi connectivity index (χ0) is 11.5. The molecule has 2 rings (SSSR count). The molecule has 1 nitrogen and oxygen atoms in total. The van der Waals surface area contributed by atoms with Crippen LogP contribution in [0.15, 0.2) is 52.3 Å². The number of anilines is 1. The van der Waals surface area contributed by atoms with Crippen molar-refractivity contribution >= 4 is 17.4 Å². The van der Waals surface area contributed by atoms with Crippen LogP contribution in [0.5, 0.6) is 0 Å². The molecule has 0 amide bonds. The highest BCUT2D eigenvalue weighted by atomic mass is 32.2. The Morgan fingerprint density at radius 2 is 1.75 bits per heavy atom. The van der Waals surface area contributed by atoms with Gasteiger partial charge in [0, 0.05) is 15.5 Å². The van der Waals surface area contributed by atoms with Gasteiger partial charge in [0.15, 0.2) is 0 Å². The van der Waals surface area contributed by atoms with Gasteiger partial charge in [-0.1, -0.05) is 29.5 Å². The zero-order valence-electron chi connectivity index (χ0n) is 8.91. The molecule has 0 spiro atoms. The van der Waals surface area contributed by atoms with Crippen molar-refractivity contribution < 1.29 is 4.39 Å². The lowest BCUT2D eigenvalue weighted by atomic mass is 10.2. The number of halogens is 1. The largest absolute Gasteiger partial charge is 0.398 e. The number of hydrogen-bond donors (Lipinski definition) is 1. The molecule has 0 aliphatic carbocycles. The first kappa shape index (κ1) is 11.0. The van der Waals surface area contributed by atoms with Crippen molar-refractivity contribution in [2.24, 2.45) is 0 Å². The van der Waals surface area contributed by atoms with Crippen LogP contribution in [0, 0.1) is 12.7 Å². The lowest BCUT2D eigenvalue weighted by Crippen LogP contribution is -1.89. The summed E-state index contributed by atoms with van der Waals surface area (Å²) < 4.78 is 12.8. The summed E-state index contributed by atoms with van der Waals surface area (Å²) in [5.74, 6) is -0.300. The van der Waals surface area contributed by atoms with Crippen molar-refractivity contribution in [1.29, 1.82) is 0 Å². The van der Waals surface area contributed by atoms with Crippen LogP contribution in [-0.2, 0) is 0 Å². The monoisotopic (exact) mass is 233 g/mol. The molecule has 0 aliphatic heterocycles. The Labute approximate surface area is 98.5 Å². The molecule has 0 unspecified atom stereocenters. The number of nitrogen functional groups attached to an aromatic ring is 1. The first-order valence-electron chi connectivity index (χ1n) is 4.95. The molecule has 2 aromatic rings. The van der Waals surface area contributed by atoms with Gasteiger partial charge in [0.05, 0.1) is 0 Å². The van der Waals surface area contributed by atoms with Gasteiger partial charge in [-0.25, -0.2) is 4.39 Å². The van der Waals surface area contributed by atoms with Crippen molar-refractivity contribution in [2.45, 2.75) is 16.7 Å². The first-order chi connectivity index (χ1) is 7.65. The molecule has 0 bridgehead atoms. The summed E-state index contributed by atoms with van der Waals surface area (Å²) in [5.41, 5.74) is 7.43. The van der Waals surface area contributed by atoms with E-state index in [1.165, 1.54) is 29.5 Å². The van der Waals surface area contributed by atoms with Crippen molar-refractivity contribution in [2.75, 3.05) is 5.73 Å². The first-order valence-corrected chi connectivity index (χ1v) is 5.76. The van der Waals surface area contributed by atoms with Gasteiger partial charge < -0.3 is 5.73 Å². The van der Waals surface area contributed by atoms with E-state index in [9.17, 15) is 4.39 Å². The van der Waals surface area contributed by atoms with E-state index in [2.05, 4.69) is 0 Å². The predicted octanol–water partition coefficient (Wildman–Crippen LogP) is 3.87. The van der Waals surface area contributed by atoms with Crippen LogP contribution in [-0.4, -0.2) is 0 Å². The summed E-state index contributed by atoms with van der Waals surface area (Å²) in [6, 6.07) is 12.6. The summed E-state index contributed by atoms with van der Waals surface area (Å²) >= 11 is 1.54. The second kappa shape index (κ2) is 4.58. The normalized spacial score (nSPS) is 10.4. The fourth-order valence-electron chi connectivity index (χ4n) is 1.35. The number of hydrogen-bond acceptors (Lipinski definition) is 2.